The maximum absolute atomic E-state index is 3.46. The van der Waals surface area contributed by atoms with Crippen LogP contribution in [0.2, 0.25) is 0 Å². The highest BCUT2D eigenvalue weighted by Crippen LogP contribution is 2.55. The van der Waals surface area contributed by atoms with Crippen molar-refractivity contribution in [1.82, 2.24) is 4.98 Å². The number of nitrogens with one attached hydrogen (secondary N) is 1. The number of fused-ring (bicyclic) bond motifs is 1. The molecule has 146 valence electrons. The molecule has 1 aromatic heterocycles. The van der Waals surface area contributed by atoms with Crippen molar-refractivity contribution < 1.29 is 0 Å². The molecule has 4 aromatic carbocycles. The van der Waals surface area contributed by atoms with Gasteiger partial charge in [-0.3, -0.25) is 0 Å². The summed E-state index contributed by atoms with van der Waals surface area (Å²) in [4.78, 5) is 3.46. The van der Waals surface area contributed by atoms with Gasteiger partial charge in [0.1, 0.15) is 23.2 Å². The van der Waals surface area contributed by atoms with E-state index in [2.05, 4.69) is 126 Å². The Morgan fingerprint density at radius 3 is 1.53 bits per heavy atom. The summed E-state index contributed by atoms with van der Waals surface area (Å²) in [6.07, 6.45) is 4.34. The quantitative estimate of drug-likeness (QED) is 0.348. The summed E-state index contributed by atoms with van der Waals surface area (Å²) in [5.74, 6) is 0. The van der Waals surface area contributed by atoms with E-state index in [1.54, 1.807) is 0 Å². The first-order chi connectivity index (χ1) is 14.9. The molecule has 1 nitrogen and oxygen atoms in total. The smallest absolute Gasteiger partial charge is 0.112 e. The van der Waals surface area contributed by atoms with Gasteiger partial charge in [0.05, 0.1) is 6.16 Å². The van der Waals surface area contributed by atoms with Gasteiger partial charge in [0.2, 0.25) is 0 Å². The fourth-order valence-electron chi connectivity index (χ4n) is 4.51. The highest BCUT2D eigenvalue weighted by atomic mass is 31.2. The van der Waals surface area contributed by atoms with Gasteiger partial charge in [0, 0.05) is 23.5 Å². The monoisotopic (exact) mass is 406 g/mol. The molecule has 0 saturated heterocycles. The summed E-state index contributed by atoms with van der Waals surface area (Å²) in [5, 5.41) is 5.68. The lowest BCUT2D eigenvalue weighted by molar-refractivity contribution is 1.16. The number of aromatic nitrogens is 1. The predicted octanol–water partition coefficient (Wildman–Crippen LogP) is 5.70. The van der Waals surface area contributed by atoms with E-state index >= 15 is 0 Å². The lowest BCUT2D eigenvalue weighted by Gasteiger charge is -2.27. The molecule has 0 bridgehead atoms. The maximum atomic E-state index is 3.46. The second-order valence-electron chi connectivity index (χ2n) is 7.65. The Labute approximate surface area is 178 Å². The molecule has 0 radical (unpaired) electrons. The van der Waals surface area contributed by atoms with E-state index in [0.717, 1.165) is 12.6 Å². The van der Waals surface area contributed by atoms with Crippen LogP contribution in [0.5, 0.6) is 0 Å². The van der Waals surface area contributed by atoms with Crippen molar-refractivity contribution in [2.24, 2.45) is 0 Å². The molecule has 1 heterocycles. The molecule has 0 aliphatic rings. The third-order valence-corrected chi connectivity index (χ3v) is 10.4. The van der Waals surface area contributed by atoms with Crippen LogP contribution in [0.1, 0.15) is 5.56 Å². The molecule has 1 N–H and O–H groups in total. The van der Waals surface area contributed by atoms with Gasteiger partial charge < -0.3 is 4.98 Å². The summed E-state index contributed by atoms with van der Waals surface area (Å²) >= 11 is 0. The molecular weight excluding hydrogens is 381 g/mol. The minimum Gasteiger partial charge on any atom is -0.361 e. The molecule has 2 heteroatoms. The van der Waals surface area contributed by atoms with Crippen molar-refractivity contribution in [3.8, 4) is 0 Å². The summed E-state index contributed by atoms with van der Waals surface area (Å²) in [7, 11) is -1.79. The number of para-hydroxylation sites is 1. The van der Waals surface area contributed by atoms with Gasteiger partial charge in [-0.25, -0.2) is 0 Å². The average molecular weight is 406 g/mol. The van der Waals surface area contributed by atoms with E-state index in [0.29, 0.717) is 0 Å². The van der Waals surface area contributed by atoms with Gasteiger partial charge in [0.25, 0.3) is 0 Å². The first-order valence-corrected chi connectivity index (χ1v) is 12.5. The summed E-state index contributed by atoms with van der Waals surface area (Å²) in [6, 6.07) is 42.0. The zero-order chi connectivity index (χ0) is 20.2. The van der Waals surface area contributed by atoms with Crippen LogP contribution in [0.25, 0.3) is 10.9 Å². The van der Waals surface area contributed by atoms with Gasteiger partial charge in [0.15, 0.2) is 0 Å². The summed E-state index contributed by atoms with van der Waals surface area (Å²) in [5.41, 5.74) is 2.62. The van der Waals surface area contributed by atoms with Crippen molar-refractivity contribution in [3.05, 3.63) is 127 Å². The van der Waals surface area contributed by atoms with Crippen molar-refractivity contribution >= 4 is 34.1 Å². The molecule has 0 fully saturated rings. The Hall–Kier alpha value is -3.15. The van der Waals surface area contributed by atoms with E-state index in [4.69, 9.17) is 0 Å². The van der Waals surface area contributed by atoms with Gasteiger partial charge in [-0.05, 0) is 48.0 Å². The fourth-order valence-corrected chi connectivity index (χ4v) is 8.80. The van der Waals surface area contributed by atoms with Crippen LogP contribution in [0, 0.1) is 0 Å². The Bertz CT molecular complexity index is 1130. The highest BCUT2D eigenvalue weighted by molar-refractivity contribution is 7.95. The Morgan fingerprint density at radius 1 is 0.533 bits per heavy atom. The molecule has 0 spiro atoms. The lowest BCUT2D eigenvalue weighted by atomic mass is 10.1. The van der Waals surface area contributed by atoms with E-state index in [1.807, 2.05) is 0 Å². The van der Waals surface area contributed by atoms with Crippen LogP contribution in [-0.4, -0.2) is 11.1 Å². The van der Waals surface area contributed by atoms with Crippen LogP contribution >= 0.6 is 7.26 Å². The summed E-state index contributed by atoms with van der Waals surface area (Å²) in [6.45, 7) is 0. The Morgan fingerprint density at radius 2 is 1.00 bits per heavy atom. The second kappa shape index (κ2) is 8.30. The van der Waals surface area contributed by atoms with Crippen LogP contribution in [0.4, 0.5) is 0 Å². The number of aromatic amines is 1. The first kappa shape index (κ1) is 18.9. The van der Waals surface area contributed by atoms with Crippen molar-refractivity contribution in [2.45, 2.75) is 6.42 Å². The maximum Gasteiger partial charge on any atom is 0.112 e. The first-order valence-electron chi connectivity index (χ1n) is 10.5. The highest BCUT2D eigenvalue weighted by Gasteiger charge is 2.44. The van der Waals surface area contributed by atoms with Crippen LogP contribution in [0.15, 0.2) is 121 Å². The van der Waals surface area contributed by atoms with E-state index in [1.165, 1.54) is 32.4 Å². The SMILES string of the molecule is c1ccc([P+](CCc2c[nH]c3ccccc23)(c2ccccc2)c2ccccc2)cc1. The third-order valence-electron chi connectivity index (χ3n) is 5.98. The fraction of sp³-hybridized carbons (Fsp3) is 0.0714. The number of benzene rings is 4. The average Bonchev–Trinajstić information content (AvgIpc) is 3.25. The number of rotatable bonds is 6. The summed E-state index contributed by atoms with van der Waals surface area (Å²) < 4.78 is 0. The van der Waals surface area contributed by atoms with Crippen molar-refractivity contribution in [3.63, 3.8) is 0 Å². The van der Waals surface area contributed by atoms with E-state index in [-0.39, 0.29) is 0 Å². The lowest BCUT2D eigenvalue weighted by Crippen LogP contribution is -2.33. The molecule has 0 amide bonds. The molecule has 30 heavy (non-hydrogen) atoms. The minimum atomic E-state index is -1.79. The largest absolute Gasteiger partial charge is 0.361 e. The zero-order valence-electron chi connectivity index (χ0n) is 16.9. The predicted molar refractivity (Wildman–Crippen MR) is 132 cm³/mol. The normalized spacial score (nSPS) is 11.6. The van der Waals surface area contributed by atoms with Crippen LogP contribution < -0.4 is 15.9 Å². The molecule has 0 saturated carbocycles. The van der Waals surface area contributed by atoms with Crippen molar-refractivity contribution in [1.29, 1.82) is 0 Å². The van der Waals surface area contributed by atoms with Gasteiger partial charge >= 0.3 is 0 Å². The number of hydrogen-bond acceptors (Lipinski definition) is 0. The number of aryl methyl sites for hydroxylation is 1. The number of H-pyrrole nitrogens is 1. The van der Waals surface area contributed by atoms with Crippen LogP contribution in [0.3, 0.4) is 0 Å². The standard InChI is InChI=1S/C28H25NP/c1-4-12-24(13-5-1)30(25-14-6-2-7-15-25,26-16-8-3-9-17-26)21-20-23-22-29-28-19-11-10-18-27(23)28/h1-19,22,29H,20-21H2/q+1. The topological polar surface area (TPSA) is 15.8 Å². The van der Waals surface area contributed by atoms with Gasteiger partial charge in [-0.1, -0.05) is 72.8 Å². The molecule has 0 aliphatic heterocycles. The van der Waals surface area contributed by atoms with Gasteiger partial charge in [-0.2, -0.15) is 0 Å². The Balaban J connectivity index is 1.67. The second-order valence-corrected chi connectivity index (χ2v) is 11.3. The molecule has 5 aromatic rings. The van der Waals surface area contributed by atoms with Crippen molar-refractivity contribution in [2.75, 3.05) is 6.16 Å². The molecular formula is C28H25NP+. The molecule has 0 aliphatic carbocycles. The van der Waals surface area contributed by atoms with E-state index in [9.17, 15) is 0 Å². The molecule has 5 rings (SSSR count). The number of hydrogen-bond donors (Lipinski definition) is 1. The van der Waals surface area contributed by atoms with Gasteiger partial charge in [-0.15, -0.1) is 0 Å². The molecule has 0 unspecified atom stereocenters. The zero-order valence-corrected chi connectivity index (χ0v) is 17.8. The minimum absolute atomic E-state index is 1.04. The Kier molecular flexibility index (Phi) is 5.22. The van der Waals surface area contributed by atoms with E-state index < -0.39 is 7.26 Å². The van der Waals surface area contributed by atoms with Crippen LogP contribution in [-0.2, 0) is 6.42 Å². The molecule has 0 atom stereocenters. The third kappa shape index (κ3) is 3.36.